The molecule has 1 heterocycles. The molecular formula is C11H16N2O. The van der Waals surface area contributed by atoms with Crippen LogP contribution >= 0.6 is 0 Å². The molecule has 76 valence electrons. The van der Waals surface area contributed by atoms with Gasteiger partial charge in [0.15, 0.2) is 5.78 Å². The molecule has 0 saturated carbocycles. The SMILES string of the molecule is CC(C)c1nc2c([nH]1)C(=O)CCCC2. The van der Waals surface area contributed by atoms with Gasteiger partial charge in [0.05, 0.1) is 5.69 Å². The first-order valence-corrected chi connectivity index (χ1v) is 5.30. The number of carbonyl (C=O) groups excluding carboxylic acids is 1. The molecule has 14 heavy (non-hydrogen) atoms. The fourth-order valence-electron chi connectivity index (χ4n) is 1.82. The number of aromatic amines is 1. The maximum absolute atomic E-state index is 11.7. The summed E-state index contributed by atoms with van der Waals surface area (Å²) in [4.78, 5) is 19.3. The highest BCUT2D eigenvalue weighted by atomic mass is 16.1. The third-order valence-corrected chi connectivity index (χ3v) is 2.69. The molecule has 1 aliphatic carbocycles. The molecule has 3 nitrogen and oxygen atoms in total. The highest BCUT2D eigenvalue weighted by Gasteiger charge is 2.20. The van der Waals surface area contributed by atoms with Crippen molar-refractivity contribution in [2.24, 2.45) is 0 Å². The van der Waals surface area contributed by atoms with E-state index >= 15 is 0 Å². The summed E-state index contributed by atoms with van der Waals surface area (Å²) in [6.45, 7) is 4.17. The minimum Gasteiger partial charge on any atom is -0.339 e. The van der Waals surface area contributed by atoms with Crippen LogP contribution in [0, 0.1) is 0 Å². The molecule has 0 spiro atoms. The zero-order valence-electron chi connectivity index (χ0n) is 8.76. The number of H-pyrrole nitrogens is 1. The number of ketones is 1. The summed E-state index contributed by atoms with van der Waals surface area (Å²) in [6.07, 6.45) is 3.71. The molecule has 0 bridgehead atoms. The van der Waals surface area contributed by atoms with Gasteiger partial charge in [0.1, 0.15) is 11.5 Å². The lowest BCUT2D eigenvalue weighted by Gasteiger charge is -1.98. The van der Waals surface area contributed by atoms with Gasteiger partial charge < -0.3 is 4.98 Å². The molecule has 1 aromatic heterocycles. The summed E-state index contributed by atoms with van der Waals surface area (Å²) in [7, 11) is 0. The molecule has 0 fully saturated rings. The van der Waals surface area contributed by atoms with Crippen LogP contribution in [-0.2, 0) is 6.42 Å². The Morgan fingerprint density at radius 1 is 1.29 bits per heavy atom. The standard InChI is InChI=1S/C11H16N2O/c1-7(2)11-12-8-5-3-4-6-9(14)10(8)13-11/h7H,3-6H2,1-2H3,(H,12,13). The van der Waals surface area contributed by atoms with Crippen molar-refractivity contribution in [3.63, 3.8) is 0 Å². The van der Waals surface area contributed by atoms with Crippen LogP contribution in [0.15, 0.2) is 0 Å². The minimum atomic E-state index is 0.233. The van der Waals surface area contributed by atoms with Gasteiger partial charge in [0.2, 0.25) is 0 Å². The Hall–Kier alpha value is -1.12. The van der Waals surface area contributed by atoms with E-state index in [1.165, 1.54) is 0 Å². The maximum atomic E-state index is 11.7. The van der Waals surface area contributed by atoms with Gasteiger partial charge in [0.25, 0.3) is 0 Å². The normalized spacial score (nSPS) is 16.9. The van der Waals surface area contributed by atoms with Crippen molar-refractivity contribution in [3.05, 3.63) is 17.2 Å². The van der Waals surface area contributed by atoms with Crippen molar-refractivity contribution in [2.75, 3.05) is 0 Å². The topological polar surface area (TPSA) is 45.8 Å². The van der Waals surface area contributed by atoms with Crippen molar-refractivity contribution < 1.29 is 4.79 Å². The van der Waals surface area contributed by atoms with Crippen LogP contribution in [0.4, 0.5) is 0 Å². The molecule has 2 rings (SSSR count). The van der Waals surface area contributed by atoms with Crippen LogP contribution in [0.2, 0.25) is 0 Å². The van der Waals surface area contributed by atoms with Gasteiger partial charge in [0, 0.05) is 12.3 Å². The maximum Gasteiger partial charge on any atom is 0.180 e. The van der Waals surface area contributed by atoms with Crippen LogP contribution in [0.25, 0.3) is 0 Å². The van der Waals surface area contributed by atoms with Crippen LogP contribution in [-0.4, -0.2) is 15.8 Å². The number of fused-ring (bicyclic) bond motifs is 1. The summed E-state index contributed by atoms with van der Waals surface area (Å²) >= 11 is 0. The fraction of sp³-hybridized carbons (Fsp3) is 0.636. The summed E-state index contributed by atoms with van der Waals surface area (Å²) in [5, 5.41) is 0. The zero-order chi connectivity index (χ0) is 10.1. The average Bonchev–Trinajstić information content (AvgIpc) is 2.49. The van der Waals surface area contributed by atoms with Crippen molar-refractivity contribution in [1.82, 2.24) is 9.97 Å². The zero-order valence-corrected chi connectivity index (χ0v) is 8.76. The highest BCUT2D eigenvalue weighted by molar-refractivity contribution is 5.95. The Bertz CT molecular complexity index is 352. The molecule has 1 aromatic rings. The third-order valence-electron chi connectivity index (χ3n) is 2.69. The van der Waals surface area contributed by atoms with E-state index in [2.05, 4.69) is 23.8 Å². The second-order valence-corrected chi connectivity index (χ2v) is 4.23. The van der Waals surface area contributed by atoms with E-state index < -0.39 is 0 Å². The number of carbonyl (C=O) groups is 1. The van der Waals surface area contributed by atoms with E-state index in [0.717, 1.165) is 36.5 Å². The van der Waals surface area contributed by atoms with E-state index in [1.54, 1.807) is 0 Å². The van der Waals surface area contributed by atoms with Crippen molar-refractivity contribution in [3.8, 4) is 0 Å². The molecule has 0 aliphatic heterocycles. The summed E-state index contributed by atoms with van der Waals surface area (Å²) in [6, 6.07) is 0. The Morgan fingerprint density at radius 3 is 2.71 bits per heavy atom. The van der Waals surface area contributed by atoms with Crippen molar-refractivity contribution >= 4 is 5.78 Å². The first-order valence-electron chi connectivity index (χ1n) is 5.30. The van der Waals surface area contributed by atoms with Gasteiger partial charge >= 0.3 is 0 Å². The predicted octanol–water partition coefficient (Wildman–Crippen LogP) is 2.44. The smallest absolute Gasteiger partial charge is 0.180 e. The molecule has 0 saturated heterocycles. The van der Waals surface area contributed by atoms with E-state index in [-0.39, 0.29) is 5.78 Å². The number of Topliss-reactive ketones (excluding diaryl/α,β-unsaturated/α-hetero) is 1. The first-order chi connectivity index (χ1) is 6.68. The Balaban J connectivity index is 2.39. The van der Waals surface area contributed by atoms with E-state index in [0.29, 0.717) is 12.3 Å². The quantitative estimate of drug-likeness (QED) is 0.694. The van der Waals surface area contributed by atoms with Crippen molar-refractivity contribution in [1.29, 1.82) is 0 Å². The number of aryl methyl sites for hydroxylation is 1. The number of aromatic nitrogens is 2. The molecule has 0 aromatic carbocycles. The summed E-state index contributed by atoms with van der Waals surface area (Å²) in [5.41, 5.74) is 1.75. The van der Waals surface area contributed by atoms with E-state index in [4.69, 9.17) is 0 Å². The highest BCUT2D eigenvalue weighted by Crippen LogP contribution is 2.21. The Labute approximate surface area is 83.9 Å². The molecule has 0 atom stereocenters. The first kappa shape index (κ1) is 9.44. The van der Waals surface area contributed by atoms with Gasteiger partial charge in [-0.25, -0.2) is 4.98 Å². The van der Waals surface area contributed by atoms with Crippen LogP contribution in [0.1, 0.15) is 61.0 Å². The van der Waals surface area contributed by atoms with Gasteiger partial charge in [-0.2, -0.15) is 0 Å². The van der Waals surface area contributed by atoms with Gasteiger partial charge in [-0.05, 0) is 19.3 Å². The summed E-state index contributed by atoms with van der Waals surface area (Å²) < 4.78 is 0. The largest absolute Gasteiger partial charge is 0.339 e. The third kappa shape index (κ3) is 1.59. The average molecular weight is 192 g/mol. The van der Waals surface area contributed by atoms with Crippen LogP contribution in [0.5, 0.6) is 0 Å². The fourth-order valence-corrected chi connectivity index (χ4v) is 1.82. The number of nitrogens with one attached hydrogen (secondary N) is 1. The monoisotopic (exact) mass is 192 g/mol. The molecule has 3 heteroatoms. The lowest BCUT2D eigenvalue weighted by Crippen LogP contribution is -1.99. The number of hydrogen-bond acceptors (Lipinski definition) is 2. The summed E-state index contributed by atoms with van der Waals surface area (Å²) in [5.74, 6) is 1.55. The molecule has 1 N–H and O–H groups in total. The molecule has 0 unspecified atom stereocenters. The molecule has 1 aliphatic rings. The Kier molecular flexibility index (Phi) is 2.40. The number of imidazole rings is 1. The predicted molar refractivity (Wildman–Crippen MR) is 54.6 cm³/mol. The number of nitrogens with zero attached hydrogens (tertiary/aromatic N) is 1. The van der Waals surface area contributed by atoms with Crippen LogP contribution < -0.4 is 0 Å². The lowest BCUT2D eigenvalue weighted by molar-refractivity contribution is 0.0977. The second-order valence-electron chi connectivity index (χ2n) is 4.23. The number of rotatable bonds is 1. The Morgan fingerprint density at radius 2 is 2.00 bits per heavy atom. The van der Waals surface area contributed by atoms with Crippen LogP contribution in [0.3, 0.4) is 0 Å². The van der Waals surface area contributed by atoms with E-state index in [1.807, 2.05) is 0 Å². The second kappa shape index (κ2) is 3.56. The molecule has 0 radical (unpaired) electrons. The van der Waals surface area contributed by atoms with Crippen molar-refractivity contribution in [2.45, 2.75) is 45.4 Å². The van der Waals surface area contributed by atoms with Gasteiger partial charge in [-0.3, -0.25) is 4.79 Å². The molecular weight excluding hydrogens is 176 g/mol. The molecule has 0 amide bonds. The lowest BCUT2D eigenvalue weighted by atomic mass is 10.2. The van der Waals surface area contributed by atoms with Gasteiger partial charge in [-0.1, -0.05) is 13.8 Å². The van der Waals surface area contributed by atoms with Gasteiger partial charge in [-0.15, -0.1) is 0 Å². The number of hydrogen-bond donors (Lipinski definition) is 1. The minimum absolute atomic E-state index is 0.233. The van der Waals surface area contributed by atoms with E-state index in [9.17, 15) is 4.79 Å².